The molecule has 2 N–H and O–H groups in total. The standard InChI is InChI=1S/C18H28N6O3/c1-12-6-13(2)24-18(19-12)20-16(21-24)7-17(27)23-9-14(15(10-23)11-26)8-22(3)4-5-25/h6,14-15,25-26H,4-5,7-11H2,1-3H3/t14-,15-/m1/s1. The number of nitrogens with zero attached hydrogens (tertiary/aromatic N) is 6. The fourth-order valence-corrected chi connectivity index (χ4v) is 3.75. The number of aliphatic hydroxyl groups excluding tert-OH is 2. The molecule has 148 valence electrons. The Morgan fingerprint density at radius 3 is 2.70 bits per heavy atom. The molecule has 9 nitrogen and oxygen atoms in total. The molecule has 0 saturated carbocycles. The first-order valence-corrected chi connectivity index (χ1v) is 9.29. The van der Waals surface area contributed by atoms with Crippen molar-refractivity contribution in [3.63, 3.8) is 0 Å². The molecule has 3 rings (SSSR count). The van der Waals surface area contributed by atoms with Crippen molar-refractivity contribution in [2.75, 3.05) is 46.4 Å². The van der Waals surface area contributed by atoms with Gasteiger partial charge in [-0.05, 0) is 32.9 Å². The van der Waals surface area contributed by atoms with Gasteiger partial charge in [0.2, 0.25) is 5.91 Å². The van der Waals surface area contributed by atoms with E-state index in [-0.39, 0.29) is 37.4 Å². The van der Waals surface area contributed by atoms with Crippen molar-refractivity contribution >= 4 is 11.7 Å². The summed E-state index contributed by atoms with van der Waals surface area (Å²) in [6, 6.07) is 1.92. The molecule has 0 unspecified atom stereocenters. The Morgan fingerprint density at radius 1 is 1.26 bits per heavy atom. The largest absolute Gasteiger partial charge is 0.396 e. The summed E-state index contributed by atoms with van der Waals surface area (Å²) in [7, 11) is 1.94. The number of fused-ring (bicyclic) bond motifs is 1. The number of likely N-dealkylation sites (N-methyl/N-ethyl adjacent to an activating group) is 1. The molecular formula is C18H28N6O3. The highest BCUT2D eigenvalue weighted by molar-refractivity contribution is 5.78. The van der Waals surface area contributed by atoms with Crippen LogP contribution in [0.4, 0.5) is 0 Å². The Balaban J connectivity index is 1.66. The Kier molecular flexibility index (Phi) is 6.03. The molecule has 1 saturated heterocycles. The molecule has 0 spiro atoms. The molecule has 1 aliphatic rings. The predicted octanol–water partition coefficient (Wildman–Crippen LogP) is -0.725. The van der Waals surface area contributed by atoms with E-state index in [4.69, 9.17) is 5.11 Å². The van der Waals surface area contributed by atoms with Gasteiger partial charge in [-0.3, -0.25) is 4.79 Å². The zero-order chi connectivity index (χ0) is 19.6. The van der Waals surface area contributed by atoms with E-state index in [0.717, 1.165) is 17.9 Å². The normalized spacial score (nSPS) is 20.1. The van der Waals surface area contributed by atoms with Gasteiger partial charge >= 0.3 is 0 Å². The van der Waals surface area contributed by atoms with E-state index in [1.165, 1.54) is 0 Å². The molecular weight excluding hydrogens is 348 g/mol. The minimum atomic E-state index is -0.0361. The van der Waals surface area contributed by atoms with Crippen LogP contribution in [-0.4, -0.2) is 91.9 Å². The second kappa shape index (κ2) is 8.28. The molecule has 3 heterocycles. The van der Waals surface area contributed by atoms with Crippen LogP contribution in [0.25, 0.3) is 5.78 Å². The van der Waals surface area contributed by atoms with E-state index in [9.17, 15) is 9.90 Å². The first-order valence-electron chi connectivity index (χ1n) is 9.29. The van der Waals surface area contributed by atoms with Gasteiger partial charge in [0.05, 0.1) is 13.0 Å². The predicted molar refractivity (Wildman–Crippen MR) is 99.2 cm³/mol. The van der Waals surface area contributed by atoms with Crippen molar-refractivity contribution in [2.24, 2.45) is 11.8 Å². The summed E-state index contributed by atoms with van der Waals surface area (Å²) in [4.78, 5) is 25.3. The molecule has 1 fully saturated rings. The lowest BCUT2D eigenvalue weighted by Crippen LogP contribution is -2.34. The number of hydrogen-bond donors (Lipinski definition) is 2. The van der Waals surface area contributed by atoms with Crippen molar-refractivity contribution in [2.45, 2.75) is 20.3 Å². The van der Waals surface area contributed by atoms with Gasteiger partial charge < -0.3 is 20.0 Å². The lowest BCUT2D eigenvalue weighted by molar-refractivity contribution is -0.129. The average Bonchev–Trinajstić information content (AvgIpc) is 3.18. The van der Waals surface area contributed by atoms with Gasteiger partial charge in [-0.25, -0.2) is 9.50 Å². The van der Waals surface area contributed by atoms with Crippen LogP contribution in [0, 0.1) is 25.7 Å². The number of aromatic nitrogens is 4. The van der Waals surface area contributed by atoms with Crippen LogP contribution in [-0.2, 0) is 11.2 Å². The summed E-state index contributed by atoms with van der Waals surface area (Å²) >= 11 is 0. The SMILES string of the molecule is Cc1cc(C)n2nc(CC(=O)N3C[C@@H](CN(C)CCO)[C@@H](CO)C3)nc2n1. The van der Waals surface area contributed by atoms with Crippen LogP contribution < -0.4 is 0 Å². The molecule has 2 aromatic heterocycles. The van der Waals surface area contributed by atoms with Crippen molar-refractivity contribution in [3.05, 3.63) is 23.3 Å². The van der Waals surface area contributed by atoms with Gasteiger partial charge in [0.25, 0.3) is 5.78 Å². The van der Waals surface area contributed by atoms with Crippen LogP contribution in [0.2, 0.25) is 0 Å². The quantitative estimate of drug-likeness (QED) is 0.656. The highest BCUT2D eigenvalue weighted by Gasteiger charge is 2.35. The van der Waals surface area contributed by atoms with Crippen molar-refractivity contribution in [1.29, 1.82) is 0 Å². The van der Waals surface area contributed by atoms with Gasteiger partial charge in [-0.2, -0.15) is 4.98 Å². The van der Waals surface area contributed by atoms with Crippen LogP contribution in [0.3, 0.4) is 0 Å². The van der Waals surface area contributed by atoms with E-state index in [2.05, 4.69) is 15.1 Å². The van der Waals surface area contributed by atoms with E-state index in [0.29, 0.717) is 31.2 Å². The zero-order valence-electron chi connectivity index (χ0n) is 16.2. The smallest absolute Gasteiger partial charge is 0.252 e. The van der Waals surface area contributed by atoms with E-state index in [1.54, 1.807) is 9.42 Å². The van der Waals surface area contributed by atoms with Crippen LogP contribution >= 0.6 is 0 Å². The van der Waals surface area contributed by atoms with Crippen LogP contribution in [0.5, 0.6) is 0 Å². The third-order valence-corrected chi connectivity index (χ3v) is 5.16. The Hall–Kier alpha value is -2.10. The Labute approximate surface area is 158 Å². The zero-order valence-corrected chi connectivity index (χ0v) is 16.2. The average molecular weight is 376 g/mol. The molecule has 27 heavy (non-hydrogen) atoms. The number of hydrogen-bond acceptors (Lipinski definition) is 7. The highest BCUT2D eigenvalue weighted by Crippen LogP contribution is 2.24. The summed E-state index contributed by atoms with van der Waals surface area (Å²) in [5, 5.41) is 23.1. The highest BCUT2D eigenvalue weighted by atomic mass is 16.3. The number of carbonyl (C=O) groups excluding carboxylic acids is 1. The molecule has 2 aromatic rings. The number of rotatable bonds is 7. The first kappa shape index (κ1) is 19.7. The minimum Gasteiger partial charge on any atom is -0.396 e. The summed E-state index contributed by atoms with van der Waals surface area (Å²) in [6.07, 6.45) is 0.124. The third-order valence-electron chi connectivity index (χ3n) is 5.16. The second-order valence-electron chi connectivity index (χ2n) is 7.44. The number of aliphatic hydroxyl groups is 2. The molecule has 1 amide bonds. The van der Waals surface area contributed by atoms with E-state index < -0.39 is 0 Å². The maximum absolute atomic E-state index is 12.7. The fraction of sp³-hybridized carbons (Fsp3) is 0.667. The van der Waals surface area contributed by atoms with Crippen molar-refractivity contribution in [1.82, 2.24) is 29.4 Å². The second-order valence-corrected chi connectivity index (χ2v) is 7.44. The van der Waals surface area contributed by atoms with Gasteiger partial charge in [-0.15, -0.1) is 5.10 Å². The fourth-order valence-electron chi connectivity index (χ4n) is 3.75. The van der Waals surface area contributed by atoms with Gasteiger partial charge in [0.15, 0.2) is 5.82 Å². The Bertz CT molecular complexity index is 808. The Morgan fingerprint density at radius 2 is 2.00 bits per heavy atom. The molecule has 9 heteroatoms. The number of carbonyl (C=O) groups is 1. The van der Waals surface area contributed by atoms with Crippen LogP contribution in [0.1, 0.15) is 17.2 Å². The topological polar surface area (TPSA) is 107 Å². The van der Waals surface area contributed by atoms with E-state index >= 15 is 0 Å². The molecule has 0 bridgehead atoms. The summed E-state index contributed by atoms with van der Waals surface area (Å²) < 4.78 is 1.66. The molecule has 0 aromatic carbocycles. The maximum Gasteiger partial charge on any atom is 0.252 e. The molecule has 2 atom stereocenters. The maximum atomic E-state index is 12.7. The van der Waals surface area contributed by atoms with Gasteiger partial charge in [0.1, 0.15) is 0 Å². The van der Waals surface area contributed by atoms with Gasteiger partial charge in [0, 0.05) is 50.1 Å². The lowest BCUT2D eigenvalue weighted by atomic mass is 9.96. The molecule has 0 radical (unpaired) electrons. The van der Waals surface area contributed by atoms with Crippen molar-refractivity contribution < 1.29 is 15.0 Å². The van der Waals surface area contributed by atoms with Crippen molar-refractivity contribution in [3.8, 4) is 0 Å². The molecule has 0 aliphatic carbocycles. The summed E-state index contributed by atoms with van der Waals surface area (Å²) in [6.45, 7) is 6.45. The minimum absolute atomic E-state index is 0.0361. The summed E-state index contributed by atoms with van der Waals surface area (Å²) in [5.41, 5.74) is 1.79. The van der Waals surface area contributed by atoms with Crippen LogP contribution in [0.15, 0.2) is 6.07 Å². The first-order chi connectivity index (χ1) is 12.9. The lowest BCUT2D eigenvalue weighted by Gasteiger charge is -2.23. The monoisotopic (exact) mass is 376 g/mol. The van der Waals surface area contributed by atoms with E-state index in [1.807, 2.05) is 31.9 Å². The number of amides is 1. The third kappa shape index (κ3) is 4.42. The number of aryl methyl sites for hydroxylation is 2. The molecule has 1 aliphatic heterocycles. The number of likely N-dealkylation sites (tertiary alicyclic amines) is 1. The summed E-state index contributed by atoms with van der Waals surface area (Å²) in [5.74, 6) is 1.17. The van der Waals surface area contributed by atoms with Gasteiger partial charge in [-0.1, -0.05) is 0 Å².